The molecule has 0 fully saturated rings. The average Bonchev–Trinajstić information content (AvgIpc) is 2.22. The van der Waals surface area contributed by atoms with Crippen LogP contribution in [0.15, 0.2) is 12.7 Å². The molecule has 0 saturated heterocycles. The monoisotopic (exact) mass is 220 g/mol. The van der Waals surface area contributed by atoms with Gasteiger partial charge in [-0.05, 0) is 6.42 Å². The van der Waals surface area contributed by atoms with E-state index >= 15 is 0 Å². The number of esters is 1. The Bertz CT molecular complexity index is 169. The van der Waals surface area contributed by atoms with Crippen molar-refractivity contribution in [3.05, 3.63) is 12.7 Å². The van der Waals surface area contributed by atoms with Gasteiger partial charge in [0.05, 0.1) is 13.2 Å². The van der Waals surface area contributed by atoms with Crippen LogP contribution in [0.2, 0.25) is 0 Å². The van der Waals surface area contributed by atoms with E-state index in [1.54, 1.807) is 0 Å². The van der Waals surface area contributed by atoms with Crippen LogP contribution < -0.4 is 0 Å². The van der Waals surface area contributed by atoms with Crippen molar-refractivity contribution in [2.24, 2.45) is 0 Å². The van der Waals surface area contributed by atoms with E-state index in [-0.39, 0.29) is 18.7 Å². The highest BCUT2D eigenvalue weighted by Gasteiger charge is 2.10. The molecule has 0 rings (SSSR count). The van der Waals surface area contributed by atoms with Gasteiger partial charge in [-0.3, -0.25) is 0 Å². The molecule has 0 aliphatic rings. The smallest absolute Gasteiger partial charge is 0.330 e. The number of ether oxygens (including phenoxy) is 2. The third-order valence-electron chi connectivity index (χ3n) is 1.60. The summed E-state index contributed by atoms with van der Waals surface area (Å²) >= 11 is 0. The van der Waals surface area contributed by atoms with Gasteiger partial charge in [-0.1, -0.05) is 19.9 Å². The minimum Gasteiger partial charge on any atom is -0.454 e. The summed E-state index contributed by atoms with van der Waals surface area (Å²) in [4.78, 5) is 10.8. The lowest BCUT2D eigenvalue weighted by molar-refractivity contribution is -0.148. The maximum atomic E-state index is 10.8. The van der Waals surface area contributed by atoms with E-state index in [9.17, 15) is 4.79 Å². The van der Waals surface area contributed by atoms with E-state index < -0.39 is 12.1 Å². The second-order valence-corrected chi connectivity index (χ2v) is 2.87. The van der Waals surface area contributed by atoms with Crippen LogP contribution in [0, 0.1) is 0 Å². The molecule has 0 saturated carbocycles. The van der Waals surface area contributed by atoms with Gasteiger partial charge in [0.2, 0.25) is 0 Å². The van der Waals surface area contributed by atoms with E-state index in [2.05, 4.69) is 13.5 Å². The summed E-state index contributed by atoms with van der Waals surface area (Å²) in [6, 6.07) is 0. The van der Waals surface area contributed by atoms with Gasteiger partial charge in [-0.25, -0.2) is 4.79 Å². The highest BCUT2D eigenvalue weighted by Crippen LogP contribution is 1.96. The minimum absolute atomic E-state index is 0. The number of aliphatic hydroxyl groups is 1. The van der Waals surface area contributed by atoms with Crippen molar-refractivity contribution < 1.29 is 24.9 Å². The molecule has 0 radical (unpaired) electrons. The van der Waals surface area contributed by atoms with E-state index in [0.29, 0.717) is 6.61 Å². The molecule has 0 aliphatic heterocycles. The van der Waals surface area contributed by atoms with Gasteiger partial charge in [0, 0.05) is 12.7 Å². The van der Waals surface area contributed by atoms with Crippen molar-refractivity contribution in [1.29, 1.82) is 0 Å². The van der Waals surface area contributed by atoms with Crippen LogP contribution in [-0.4, -0.2) is 42.5 Å². The summed E-state index contributed by atoms with van der Waals surface area (Å²) in [6.45, 7) is 5.95. The first-order chi connectivity index (χ1) is 6.74. The molecule has 0 spiro atoms. The molecule has 15 heavy (non-hydrogen) atoms. The van der Waals surface area contributed by atoms with Crippen LogP contribution in [0.25, 0.3) is 0 Å². The first kappa shape index (κ1) is 16.5. The van der Waals surface area contributed by atoms with Gasteiger partial charge in [0.1, 0.15) is 6.10 Å². The van der Waals surface area contributed by atoms with Crippen LogP contribution in [0.3, 0.4) is 0 Å². The summed E-state index contributed by atoms with van der Waals surface area (Å²) in [6.07, 6.45) is 2.50. The summed E-state index contributed by atoms with van der Waals surface area (Å²) in [5.74, 6) is -0.539. The summed E-state index contributed by atoms with van der Waals surface area (Å²) in [5, 5.41) is 8.84. The Kier molecular flexibility index (Phi) is 12.3. The van der Waals surface area contributed by atoms with Gasteiger partial charge >= 0.3 is 5.97 Å². The van der Waals surface area contributed by atoms with Crippen molar-refractivity contribution in [3.63, 3.8) is 0 Å². The molecule has 1 unspecified atom stereocenters. The number of carbonyl (C=O) groups excluding carboxylic acids is 1. The van der Waals surface area contributed by atoms with Crippen LogP contribution in [-0.2, 0) is 14.3 Å². The number of rotatable bonds is 8. The zero-order valence-corrected chi connectivity index (χ0v) is 9.07. The van der Waals surface area contributed by atoms with Crippen molar-refractivity contribution in [3.8, 4) is 0 Å². The fraction of sp³-hybridized carbons (Fsp3) is 0.700. The molecule has 3 N–H and O–H groups in total. The molecule has 0 amide bonds. The quantitative estimate of drug-likeness (QED) is 0.356. The second kappa shape index (κ2) is 11.2. The lowest BCUT2D eigenvalue weighted by Crippen LogP contribution is -2.26. The predicted molar refractivity (Wildman–Crippen MR) is 56.5 cm³/mol. The van der Waals surface area contributed by atoms with Gasteiger partial charge in [-0.15, -0.1) is 0 Å². The zero-order chi connectivity index (χ0) is 10.8. The standard InChI is InChI=1S/C10H18O4.H2O/c1-3-5-6-13-8-9(7-11)14-10(12)4-2;/h4,9,11H,2-3,5-8H2,1H3;1H2. The second-order valence-electron chi connectivity index (χ2n) is 2.87. The maximum absolute atomic E-state index is 10.8. The number of aliphatic hydroxyl groups excluding tert-OH is 1. The third kappa shape index (κ3) is 9.40. The van der Waals surface area contributed by atoms with Gasteiger partial charge < -0.3 is 20.1 Å². The molecule has 90 valence electrons. The third-order valence-corrected chi connectivity index (χ3v) is 1.60. The van der Waals surface area contributed by atoms with Crippen LogP contribution in [0.4, 0.5) is 0 Å². The van der Waals surface area contributed by atoms with Crippen LogP contribution in [0.1, 0.15) is 19.8 Å². The van der Waals surface area contributed by atoms with E-state index in [4.69, 9.17) is 14.6 Å². The topological polar surface area (TPSA) is 87.3 Å². The Morgan fingerprint density at radius 3 is 2.73 bits per heavy atom. The van der Waals surface area contributed by atoms with Crippen LogP contribution >= 0.6 is 0 Å². The van der Waals surface area contributed by atoms with Crippen molar-refractivity contribution in [2.75, 3.05) is 19.8 Å². The largest absolute Gasteiger partial charge is 0.454 e. The number of hydrogen-bond acceptors (Lipinski definition) is 4. The maximum Gasteiger partial charge on any atom is 0.330 e. The molecule has 0 aromatic rings. The summed E-state index contributed by atoms with van der Waals surface area (Å²) in [7, 11) is 0. The highest BCUT2D eigenvalue weighted by atomic mass is 16.6. The Hall–Kier alpha value is -0.910. The average molecular weight is 220 g/mol. The SMILES string of the molecule is C=CC(=O)OC(CO)COCCCC.O. The van der Waals surface area contributed by atoms with Crippen molar-refractivity contribution in [1.82, 2.24) is 0 Å². The fourth-order valence-corrected chi connectivity index (χ4v) is 0.798. The fourth-order valence-electron chi connectivity index (χ4n) is 0.798. The molecule has 0 heterocycles. The normalized spacial score (nSPS) is 11.3. The first-order valence-electron chi connectivity index (χ1n) is 4.76. The Labute approximate surface area is 90.0 Å². The lowest BCUT2D eigenvalue weighted by Gasteiger charge is -2.14. The predicted octanol–water partition coefficient (Wildman–Crippen LogP) is 0.0685. The minimum atomic E-state index is -0.586. The molecule has 1 atom stereocenters. The van der Waals surface area contributed by atoms with E-state index in [1.807, 2.05) is 0 Å². The summed E-state index contributed by atoms with van der Waals surface area (Å²) < 4.78 is 10.00. The molecule has 0 aromatic heterocycles. The number of hydrogen-bond donors (Lipinski definition) is 1. The Morgan fingerprint density at radius 1 is 1.60 bits per heavy atom. The molecular weight excluding hydrogens is 200 g/mol. The summed E-state index contributed by atoms with van der Waals surface area (Å²) in [5.41, 5.74) is 0. The highest BCUT2D eigenvalue weighted by molar-refractivity contribution is 5.81. The zero-order valence-electron chi connectivity index (χ0n) is 9.07. The Morgan fingerprint density at radius 2 is 2.27 bits per heavy atom. The van der Waals surface area contributed by atoms with E-state index in [0.717, 1.165) is 18.9 Å². The molecule has 0 aliphatic carbocycles. The molecule has 5 nitrogen and oxygen atoms in total. The first-order valence-corrected chi connectivity index (χ1v) is 4.76. The van der Waals surface area contributed by atoms with Gasteiger partial charge in [-0.2, -0.15) is 0 Å². The van der Waals surface area contributed by atoms with Gasteiger partial charge in [0.25, 0.3) is 0 Å². The molecule has 0 bridgehead atoms. The Balaban J connectivity index is 0. The molecular formula is C10H20O5. The van der Waals surface area contributed by atoms with Crippen LogP contribution in [0.5, 0.6) is 0 Å². The molecule has 5 heteroatoms. The van der Waals surface area contributed by atoms with Crippen molar-refractivity contribution >= 4 is 5.97 Å². The van der Waals surface area contributed by atoms with Crippen molar-refractivity contribution in [2.45, 2.75) is 25.9 Å². The van der Waals surface area contributed by atoms with E-state index in [1.165, 1.54) is 0 Å². The molecule has 0 aromatic carbocycles. The van der Waals surface area contributed by atoms with Gasteiger partial charge in [0.15, 0.2) is 0 Å². The lowest BCUT2D eigenvalue weighted by atomic mass is 10.3. The number of carbonyl (C=O) groups is 1. The number of unbranched alkanes of at least 4 members (excludes halogenated alkanes) is 1.